The van der Waals surface area contributed by atoms with Crippen molar-refractivity contribution in [1.82, 2.24) is 10.2 Å². The lowest BCUT2D eigenvalue weighted by atomic mass is 9.93. The highest BCUT2D eigenvalue weighted by molar-refractivity contribution is 6.08. The molecule has 0 aliphatic carbocycles. The van der Waals surface area contributed by atoms with Gasteiger partial charge in [0.05, 0.1) is 13.5 Å². The van der Waals surface area contributed by atoms with Gasteiger partial charge in [-0.3, -0.25) is 5.10 Å². The lowest BCUT2D eigenvalue weighted by Crippen LogP contribution is -1.93. The molecule has 1 N–H and O–H groups in total. The minimum atomic E-state index is 0.600. The molecule has 58 valence electrons. The van der Waals surface area contributed by atoms with Gasteiger partial charge in [-0.25, -0.2) is 0 Å². The quantitative estimate of drug-likeness (QED) is 0.641. The maximum absolute atomic E-state index is 5.59. The molecule has 2 radical (unpaired) electrons. The lowest BCUT2D eigenvalue weighted by molar-refractivity contribution is 0.936. The van der Waals surface area contributed by atoms with Gasteiger partial charge in [-0.1, -0.05) is 20.2 Å². The maximum Gasteiger partial charge on any atom is 0.0718 e. The predicted octanol–water partition coefficient (Wildman–Crippen LogP) is 1.20. The summed E-state index contributed by atoms with van der Waals surface area (Å²) in [6.45, 7) is 4.20. The summed E-state index contributed by atoms with van der Waals surface area (Å²) < 4.78 is 0. The average molecular weight is 148 g/mol. The van der Waals surface area contributed by atoms with Crippen molar-refractivity contribution in [1.29, 1.82) is 0 Å². The predicted molar refractivity (Wildman–Crippen MR) is 46.8 cm³/mol. The van der Waals surface area contributed by atoms with Crippen LogP contribution in [0.4, 0.5) is 0 Å². The van der Waals surface area contributed by atoms with Gasteiger partial charge in [0.1, 0.15) is 0 Å². The van der Waals surface area contributed by atoms with E-state index < -0.39 is 0 Å². The summed E-state index contributed by atoms with van der Waals surface area (Å²) in [6, 6.07) is 0. The minimum absolute atomic E-state index is 0.600. The van der Waals surface area contributed by atoms with Crippen LogP contribution < -0.4 is 0 Å². The van der Waals surface area contributed by atoms with E-state index >= 15 is 0 Å². The molecule has 0 aliphatic heterocycles. The first-order valence-corrected chi connectivity index (χ1v) is 4.08. The normalized spacial score (nSPS) is 10.4. The fourth-order valence-corrected chi connectivity index (χ4v) is 1.27. The van der Waals surface area contributed by atoms with Gasteiger partial charge in [0.15, 0.2) is 0 Å². The van der Waals surface area contributed by atoms with Crippen LogP contribution in [0.15, 0.2) is 0 Å². The van der Waals surface area contributed by atoms with E-state index in [2.05, 4.69) is 24.0 Å². The molecule has 0 bridgehead atoms. The first kappa shape index (κ1) is 8.37. The fraction of sp³-hybridized carbons (Fsp3) is 0.625. The second-order valence-electron chi connectivity index (χ2n) is 2.54. The van der Waals surface area contributed by atoms with E-state index in [1.165, 1.54) is 11.3 Å². The topological polar surface area (TPSA) is 28.7 Å². The van der Waals surface area contributed by atoms with Crippen molar-refractivity contribution in [2.75, 3.05) is 0 Å². The van der Waals surface area contributed by atoms with Crippen LogP contribution in [0.5, 0.6) is 0 Å². The summed E-state index contributed by atoms with van der Waals surface area (Å²) in [5.41, 5.74) is 3.50. The van der Waals surface area contributed by atoms with Crippen LogP contribution in [0.2, 0.25) is 0 Å². The molecule has 2 nitrogen and oxygen atoms in total. The summed E-state index contributed by atoms with van der Waals surface area (Å²) in [4.78, 5) is 0. The second kappa shape index (κ2) is 3.60. The van der Waals surface area contributed by atoms with Crippen molar-refractivity contribution >= 4 is 7.85 Å². The number of hydrogen-bond acceptors (Lipinski definition) is 1. The molecule has 11 heavy (non-hydrogen) atoms. The van der Waals surface area contributed by atoms with Gasteiger partial charge in [0, 0.05) is 5.69 Å². The number of aromatic amines is 1. The third-order valence-electron chi connectivity index (χ3n) is 1.93. The molecule has 3 heteroatoms. The standard InChI is InChI=1S/C8H13BN2/c1-3-7-6(5-9)8(4-2)11-10-7/h3-5H2,1-2H3,(H,10,11). The zero-order valence-electron chi connectivity index (χ0n) is 7.15. The van der Waals surface area contributed by atoms with Gasteiger partial charge in [-0.05, 0) is 18.4 Å². The van der Waals surface area contributed by atoms with Crippen molar-refractivity contribution in [3.63, 3.8) is 0 Å². The van der Waals surface area contributed by atoms with Gasteiger partial charge in [0.2, 0.25) is 0 Å². The van der Waals surface area contributed by atoms with Gasteiger partial charge in [-0.15, -0.1) is 0 Å². The molecular weight excluding hydrogens is 135 g/mol. The smallest absolute Gasteiger partial charge is 0.0718 e. The molecule has 0 unspecified atom stereocenters. The first-order chi connectivity index (χ1) is 5.33. The lowest BCUT2D eigenvalue weighted by Gasteiger charge is -1.97. The van der Waals surface area contributed by atoms with Crippen LogP contribution in [-0.4, -0.2) is 18.0 Å². The second-order valence-corrected chi connectivity index (χ2v) is 2.54. The molecule has 1 heterocycles. The maximum atomic E-state index is 5.59. The fourth-order valence-electron chi connectivity index (χ4n) is 1.27. The number of hydrogen-bond donors (Lipinski definition) is 1. The molecule has 1 aromatic heterocycles. The van der Waals surface area contributed by atoms with Gasteiger partial charge < -0.3 is 0 Å². The SMILES string of the molecule is [B]Cc1c(CC)n[nH]c1CC. The Balaban J connectivity index is 2.99. The van der Waals surface area contributed by atoms with Crippen molar-refractivity contribution in [2.45, 2.75) is 33.0 Å². The largest absolute Gasteiger partial charge is 0.282 e. The Bertz CT molecular complexity index is 208. The molecule has 1 rings (SSSR count). The van der Waals surface area contributed by atoms with E-state index in [-0.39, 0.29) is 0 Å². The van der Waals surface area contributed by atoms with Crippen molar-refractivity contribution < 1.29 is 0 Å². The molecule has 0 spiro atoms. The molecule has 0 aromatic carbocycles. The van der Waals surface area contributed by atoms with Gasteiger partial charge >= 0.3 is 0 Å². The molecular formula is C8H13BN2. The Morgan fingerprint density at radius 1 is 1.36 bits per heavy atom. The van der Waals surface area contributed by atoms with Crippen LogP contribution in [0, 0.1) is 0 Å². The number of rotatable bonds is 3. The van der Waals surface area contributed by atoms with E-state index in [0.717, 1.165) is 18.5 Å². The average Bonchev–Trinajstić information content (AvgIpc) is 2.45. The Labute approximate surface area is 68.8 Å². The number of nitrogens with one attached hydrogen (secondary N) is 1. The summed E-state index contributed by atoms with van der Waals surface area (Å²) in [5, 5.41) is 7.17. The molecule has 0 saturated carbocycles. The Morgan fingerprint density at radius 2 is 2.09 bits per heavy atom. The molecule has 0 atom stereocenters. The highest BCUT2D eigenvalue weighted by atomic mass is 15.1. The Morgan fingerprint density at radius 3 is 2.55 bits per heavy atom. The highest BCUT2D eigenvalue weighted by Gasteiger charge is 2.06. The van der Waals surface area contributed by atoms with Crippen LogP contribution in [-0.2, 0) is 19.2 Å². The van der Waals surface area contributed by atoms with E-state index in [1.807, 2.05) is 0 Å². The van der Waals surface area contributed by atoms with E-state index in [4.69, 9.17) is 7.85 Å². The van der Waals surface area contributed by atoms with Crippen LogP contribution in [0.3, 0.4) is 0 Å². The monoisotopic (exact) mass is 148 g/mol. The third-order valence-corrected chi connectivity index (χ3v) is 1.93. The van der Waals surface area contributed by atoms with Crippen LogP contribution >= 0.6 is 0 Å². The van der Waals surface area contributed by atoms with Crippen LogP contribution in [0.25, 0.3) is 0 Å². The molecule has 1 aromatic rings. The molecule has 0 aliphatic rings. The molecule has 0 amide bonds. The first-order valence-electron chi connectivity index (χ1n) is 4.08. The third kappa shape index (κ3) is 1.47. The number of aryl methyl sites for hydroxylation is 2. The summed E-state index contributed by atoms with van der Waals surface area (Å²) in [6.07, 6.45) is 2.55. The van der Waals surface area contributed by atoms with Crippen molar-refractivity contribution in [3.8, 4) is 0 Å². The summed E-state index contributed by atoms with van der Waals surface area (Å²) in [7, 11) is 5.59. The Hall–Kier alpha value is -0.725. The van der Waals surface area contributed by atoms with Crippen molar-refractivity contribution in [3.05, 3.63) is 17.0 Å². The van der Waals surface area contributed by atoms with Crippen molar-refractivity contribution in [2.24, 2.45) is 0 Å². The van der Waals surface area contributed by atoms with Crippen LogP contribution in [0.1, 0.15) is 30.8 Å². The summed E-state index contributed by atoms with van der Waals surface area (Å²) >= 11 is 0. The molecule has 0 saturated heterocycles. The molecule has 0 fully saturated rings. The number of aromatic nitrogens is 2. The minimum Gasteiger partial charge on any atom is -0.282 e. The summed E-state index contributed by atoms with van der Waals surface area (Å²) in [5.74, 6) is 0. The zero-order valence-corrected chi connectivity index (χ0v) is 7.15. The van der Waals surface area contributed by atoms with E-state index in [9.17, 15) is 0 Å². The highest BCUT2D eigenvalue weighted by Crippen LogP contribution is 2.11. The number of H-pyrrole nitrogens is 1. The zero-order chi connectivity index (χ0) is 8.27. The number of nitrogens with zero attached hydrogens (tertiary/aromatic N) is 1. The Kier molecular flexibility index (Phi) is 2.74. The van der Waals surface area contributed by atoms with E-state index in [0.29, 0.717) is 6.32 Å². The van der Waals surface area contributed by atoms with Gasteiger partial charge in [-0.2, -0.15) is 5.10 Å². The van der Waals surface area contributed by atoms with E-state index in [1.54, 1.807) is 0 Å². The van der Waals surface area contributed by atoms with Gasteiger partial charge in [0.25, 0.3) is 0 Å².